The van der Waals surface area contributed by atoms with Crippen molar-refractivity contribution in [3.05, 3.63) is 22.4 Å². The van der Waals surface area contributed by atoms with Crippen LogP contribution in [0.1, 0.15) is 24.1 Å². The Balaban J connectivity index is 1.58. The number of likely N-dealkylation sites (tertiary alicyclic amines) is 1. The summed E-state index contributed by atoms with van der Waals surface area (Å²) >= 11 is 1.86. The molecule has 2 saturated heterocycles. The lowest BCUT2D eigenvalue weighted by molar-refractivity contribution is -0.00561. The molecule has 0 unspecified atom stereocenters. The van der Waals surface area contributed by atoms with Gasteiger partial charge in [0.05, 0.1) is 0 Å². The summed E-state index contributed by atoms with van der Waals surface area (Å²) in [5.41, 5.74) is 0.409. The van der Waals surface area contributed by atoms with Crippen molar-refractivity contribution in [3.63, 3.8) is 0 Å². The molecule has 2 N–H and O–H groups in total. The van der Waals surface area contributed by atoms with E-state index in [2.05, 4.69) is 27.7 Å². The van der Waals surface area contributed by atoms with E-state index in [-0.39, 0.29) is 0 Å². The van der Waals surface area contributed by atoms with Crippen LogP contribution in [0.25, 0.3) is 0 Å². The van der Waals surface area contributed by atoms with Crippen LogP contribution >= 0.6 is 11.3 Å². The van der Waals surface area contributed by atoms with Crippen molar-refractivity contribution < 1.29 is 5.11 Å². The third-order valence-electron chi connectivity index (χ3n) is 5.09. The predicted molar refractivity (Wildman–Crippen MR) is 79.3 cm³/mol. The third kappa shape index (κ3) is 2.87. The van der Waals surface area contributed by atoms with Crippen molar-refractivity contribution in [2.45, 2.75) is 25.8 Å². The van der Waals surface area contributed by atoms with Crippen molar-refractivity contribution in [1.29, 1.82) is 0 Å². The first-order chi connectivity index (χ1) is 9.32. The zero-order chi connectivity index (χ0) is 13.1. The van der Waals surface area contributed by atoms with E-state index in [0.29, 0.717) is 17.9 Å². The second-order valence-electron chi connectivity index (χ2n) is 6.05. The molecule has 0 bridgehead atoms. The van der Waals surface area contributed by atoms with Crippen LogP contribution in [0.15, 0.2) is 17.5 Å². The Morgan fingerprint density at radius 2 is 2.21 bits per heavy atom. The van der Waals surface area contributed by atoms with Gasteiger partial charge >= 0.3 is 0 Å². The zero-order valence-corrected chi connectivity index (χ0v) is 12.3. The highest BCUT2D eigenvalue weighted by Gasteiger charge is 2.42. The Hall–Kier alpha value is -0.420. The number of nitrogens with zero attached hydrogens (tertiary/aromatic N) is 1. The molecule has 0 saturated carbocycles. The first kappa shape index (κ1) is 13.6. The van der Waals surface area contributed by atoms with Crippen molar-refractivity contribution in [1.82, 2.24) is 10.2 Å². The first-order valence-electron chi connectivity index (χ1n) is 7.39. The maximum absolute atomic E-state index is 9.63. The zero-order valence-electron chi connectivity index (χ0n) is 11.5. The van der Waals surface area contributed by atoms with Crippen LogP contribution in [-0.4, -0.2) is 42.8 Å². The molecule has 3 heterocycles. The molecule has 2 fully saturated rings. The van der Waals surface area contributed by atoms with Gasteiger partial charge in [-0.25, -0.2) is 0 Å². The number of nitrogens with one attached hydrogen (secondary N) is 1. The number of hydrogen-bond donors (Lipinski definition) is 2. The highest BCUT2D eigenvalue weighted by atomic mass is 32.1. The fraction of sp³-hybridized carbons (Fsp3) is 0.733. The van der Waals surface area contributed by atoms with E-state index < -0.39 is 0 Å². The van der Waals surface area contributed by atoms with Crippen LogP contribution in [0.2, 0.25) is 0 Å². The van der Waals surface area contributed by atoms with Gasteiger partial charge in [-0.1, -0.05) is 6.07 Å². The van der Waals surface area contributed by atoms with Crippen LogP contribution in [0.4, 0.5) is 0 Å². The van der Waals surface area contributed by atoms with Crippen LogP contribution < -0.4 is 5.32 Å². The molecule has 3 rings (SSSR count). The lowest BCUT2D eigenvalue weighted by Gasteiger charge is -2.49. The minimum atomic E-state index is 0.345. The fourth-order valence-electron chi connectivity index (χ4n) is 3.73. The molecule has 0 aromatic carbocycles. The third-order valence-corrected chi connectivity index (χ3v) is 5.95. The summed E-state index contributed by atoms with van der Waals surface area (Å²) in [5, 5.41) is 15.2. The van der Waals surface area contributed by atoms with Crippen LogP contribution in [0, 0.1) is 11.3 Å². The summed E-state index contributed by atoms with van der Waals surface area (Å²) in [7, 11) is 0. The van der Waals surface area contributed by atoms with Crippen molar-refractivity contribution in [2.75, 3.05) is 32.8 Å². The molecular weight excluding hydrogens is 256 g/mol. The number of hydrogen-bond acceptors (Lipinski definition) is 4. The fourth-order valence-corrected chi connectivity index (χ4v) is 4.48. The molecule has 3 nitrogen and oxygen atoms in total. The first-order valence-corrected chi connectivity index (χ1v) is 8.27. The quantitative estimate of drug-likeness (QED) is 0.888. The van der Waals surface area contributed by atoms with Gasteiger partial charge in [-0.05, 0) is 55.8 Å². The maximum atomic E-state index is 9.63. The van der Waals surface area contributed by atoms with Gasteiger partial charge in [-0.3, -0.25) is 4.90 Å². The smallest absolute Gasteiger partial charge is 0.0476 e. The Morgan fingerprint density at radius 1 is 1.37 bits per heavy atom. The standard InChI is InChI=1S/C15H24N2OS/c18-12-13-10-16-6-3-15(13)4-7-17(8-5-15)11-14-2-1-9-19-14/h1-2,9,13,16,18H,3-8,10-12H2/t13-/m0/s1. The highest BCUT2D eigenvalue weighted by molar-refractivity contribution is 7.09. The molecule has 1 aromatic heterocycles. The summed E-state index contributed by atoms with van der Waals surface area (Å²) in [6.45, 7) is 5.96. The summed E-state index contributed by atoms with van der Waals surface area (Å²) < 4.78 is 0. The minimum Gasteiger partial charge on any atom is -0.396 e. The molecule has 0 aliphatic carbocycles. The van der Waals surface area contributed by atoms with Crippen LogP contribution in [-0.2, 0) is 6.54 Å². The van der Waals surface area contributed by atoms with E-state index in [0.717, 1.165) is 19.6 Å². The van der Waals surface area contributed by atoms with Crippen molar-refractivity contribution in [3.8, 4) is 0 Å². The van der Waals surface area contributed by atoms with E-state index in [1.54, 1.807) is 0 Å². The van der Waals surface area contributed by atoms with E-state index in [9.17, 15) is 5.11 Å². The largest absolute Gasteiger partial charge is 0.396 e. The van der Waals surface area contributed by atoms with E-state index in [1.807, 2.05) is 11.3 Å². The Labute approximate surface area is 119 Å². The number of thiophene rings is 1. The Bertz CT molecular complexity index is 385. The molecule has 106 valence electrons. The van der Waals surface area contributed by atoms with Gasteiger partial charge in [-0.2, -0.15) is 0 Å². The van der Waals surface area contributed by atoms with Crippen molar-refractivity contribution >= 4 is 11.3 Å². The SMILES string of the molecule is OC[C@@H]1CNCCC12CCN(Cc1cccs1)CC2. The molecule has 1 atom stereocenters. The van der Waals surface area contributed by atoms with Gasteiger partial charge in [-0.15, -0.1) is 11.3 Å². The number of aliphatic hydroxyl groups is 1. The van der Waals surface area contributed by atoms with Gasteiger partial charge in [0.25, 0.3) is 0 Å². The molecule has 2 aliphatic heterocycles. The second kappa shape index (κ2) is 5.92. The molecular formula is C15H24N2OS. The summed E-state index contributed by atoms with van der Waals surface area (Å²) in [4.78, 5) is 4.05. The van der Waals surface area contributed by atoms with E-state index >= 15 is 0 Å². The average Bonchev–Trinajstić information content (AvgIpc) is 2.95. The second-order valence-corrected chi connectivity index (χ2v) is 7.08. The van der Waals surface area contributed by atoms with E-state index in [4.69, 9.17) is 0 Å². The Kier molecular flexibility index (Phi) is 4.22. The maximum Gasteiger partial charge on any atom is 0.0476 e. The molecule has 4 heteroatoms. The van der Waals surface area contributed by atoms with Gasteiger partial charge in [0.15, 0.2) is 0 Å². The van der Waals surface area contributed by atoms with Crippen LogP contribution in [0.3, 0.4) is 0 Å². The lowest BCUT2D eigenvalue weighted by atomic mass is 9.65. The summed E-state index contributed by atoms with van der Waals surface area (Å²) in [6.07, 6.45) is 3.75. The number of aliphatic hydroxyl groups excluding tert-OH is 1. The summed E-state index contributed by atoms with van der Waals surface area (Å²) in [5.74, 6) is 0.463. The van der Waals surface area contributed by atoms with Gasteiger partial charge < -0.3 is 10.4 Å². The topological polar surface area (TPSA) is 35.5 Å². The highest BCUT2D eigenvalue weighted by Crippen LogP contribution is 2.43. The van der Waals surface area contributed by atoms with Crippen LogP contribution in [0.5, 0.6) is 0 Å². The number of piperidine rings is 2. The minimum absolute atomic E-state index is 0.345. The van der Waals surface area contributed by atoms with Gasteiger partial charge in [0.2, 0.25) is 0 Å². The number of rotatable bonds is 3. The molecule has 19 heavy (non-hydrogen) atoms. The molecule has 2 aliphatic rings. The molecule has 0 radical (unpaired) electrons. The Morgan fingerprint density at radius 3 is 2.89 bits per heavy atom. The normalized spacial score (nSPS) is 27.7. The predicted octanol–water partition coefficient (Wildman–Crippen LogP) is 1.93. The lowest BCUT2D eigenvalue weighted by Crippen LogP contribution is -2.52. The molecule has 0 amide bonds. The monoisotopic (exact) mass is 280 g/mol. The molecule has 1 spiro atoms. The van der Waals surface area contributed by atoms with Crippen molar-refractivity contribution in [2.24, 2.45) is 11.3 Å². The average molecular weight is 280 g/mol. The summed E-state index contributed by atoms with van der Waals surface area (Å²) in [6, 6.07) is 4.37. The van der Waals surface area contributed by atoms with Gasteiger partial charge in [0.1, 0.15) is 0 Å². The van der Waals surface area contributed by atoms with E-state index in [1.165, 1.54) is 37.2 Å². The molecule has 1 aromatic rings. The van der Waals surface area contributed by atoms with Gasteiger partial charge in [0, 0.05) is 30.5 Å².